The first kappa shape index (κ1) is 21.3. The van der Waals surface area contributed by atoms with Gasteiger partial charge in [0.15, 0.2) is 0 Å². The molecule has 1 saturated carbocycles. The fourth-order valence-corrected chi connectivity index (χ4v) is 5.05. The highest BCUT2D eigenvalue weighted by molar-refractivity contribution is 5.83. The molecule has 0 radical (unpaired) electrons. The van der Waals surface area contributed by atoms with Crippen molar-refractivity contribution >= 4 is 22.8 Å². The standard InChI is InChI=1S/C25H32N4O2/c1-3-14-27(15-4-2)24(31)18-29-22-13-9-8-12-21(22)26-25(29)19-16-23(30)28(17-19)20-10-6-5-7-11-20/h3-4,8-9,12-13,19-20H,1-2,5-7,10-11,14-18H2. The van der Waals surface area contributed by atoms with Crippen molar-refractivity contribution in [1.29, 1.82) is 0 Å². The van der Waals surface area contributed by atoms with Crippen LogP contribution >= 0.6 is 0 Å². The van der Waals surface area contributed by atoms with Gasteiger partial charge >= 0.3 is 0 Å². The first-order chi connectivity index (χ1) is 15.1. The van der Waals surface area contributed by atoms with Crippen LogP contribution in [-0.2, 0) is 16.1 Å². The lowest BCUT2D eigenvalue weighted by Gasteiger charge is -2.31. The number of hydrogen-bond acceptors (Lipinski definition) is 3. The van der Waals surface area contributed by atoms with Crippen molar-refractivity contribution < 1.29 is 9.59 Å². The summed E-state index contributed by atoms with van der Waals surface area (Å²) in [6.07, 6.45) is 9.81. The molecule has 2 heterocycles. The third-order valence-electron chi connectivity index (χ3n) is 6.57. The molecule has 1 aliphatic carbocycles. The minimum absolute atomic E-state index is 0.00216. The Kier molecular flexibility index (Phi) is 6.54. The van der Waals surface area contributed by atoms with Crippen LogP contribution < -0.4 is 0 Å². The van der Waals surface area contributed by atoms with Crippen molar-refractivity contribution in [2.45, 2.75) is 57.0 Å². The maximum Gasteiger partial charge on any atom is 0.243 e. The second kappa shape index (κ2) is 9.50. The fourth-order valence-electron chi connectivity index (χ4n) is 5.05. The average Bonchev–Trinajstić information content (AvgIpc) is 3.35. The number of carbonyl (C=O) groups excluding carboxylic acids is 2. The van der Waals surface area contributed by atoms with Gasteiger partial charge in [0.05, 0.1) is 11.0 Å². The molecule has 31 heavy (non-hydrogen) atoms. The summed E-state index contributed by atoms with van der Waals surface area (Å²) in [5, 5.41) is 0. The van der Waals surface area contributed by atoms with E-state index in [-0.39, 0.29) is 24.3 Å². The molecule has 1 aromatic carbocycles. The van der Waals surface area contributed by atoms with Crippen LogP contribution in [0.2, 0.25) is 0 Å². The molecule has 2 aromatic rings. The van der Waals surface area contributed by atoms with Crippen LogP contribution in [0, 0.1) is 0 Å². The first-order valence-corrected chi connectivity index (χ1v) is 11.4. The van der Waals surface area contributed by atoms with Crippen molar-refractivity contribution in [2.75, 3.05) is 19.6 Å². The Labute approximate surface area is 184 Å². The van der Waals surface area contributed by atoms with E-state index in [0.717, 1.165) is 29.7 Å². The molecular formula is C25H32N4O2. The quantitative estimate of drug-likeness (QED) is 0.609. The van der Waals surface area contributed by atoms with E-state index in [9.17, 15) is 9.59 Å². The van der Waals surface area contributed by atoms with Crippen molar-refractivity contribution in [2.24, 2.45) is 0 Å². The summed E-state index contributed by atoms with van der Waals surface area (Å²) in [6, 6.07) is 8.26. The van der Waals surface area contributed by atoms with Crippen LogP contribution in [0.15, 0.2) is 49.6 Å². The van der Waals surface area contributed by atoms with E-state index in [1.807, 2.05) is 28.8 Å². The number of aromatic nitrogens is 2. The van der Waals surface area contributed by atoms with E-state index in [1.54, 1.807) is 17.1 Å². The first-order valence-electron chi connectivity index (χ1n) is 11.4. The maximum atomic E-state index is 13.1. The van der Waals surface area contributed by atoms with Gasteiger partial charge in [0.2, 0.25) is 11.8 Å². The van der Waals surface area contributed by atoms with E-state index in [4.69, 9.17) is 4.98 Å². The highest BCUT2D eigenvalue weighted by Crippen LogP contribution is 2.34. The lowest BCUT2D eigenvalue weighted by atomic mass is 9.94. The zero-order valence-corrected chi connectivity index (χ0v) is 18.2. The van der Waals surface area contributed by atoms with Gasteiger partial charge in [0.1, 0.15) is 12.4 Å². The number of likely N-dealkylation sites (tertiary alicyclic amines) is 1. The summed E-state index contributed by atoms with van der Waals surface area (Å²) in [5.74, 6) is 1.08. The van der Waals surface area contributed by atoms with Gasteiger partial charge in [0.25, 0.3) is 0 Å². The molecular weight excluding hydrogens is 388 g/mol. The molecule has 2 fully saturated rings. The van der Waals surface area contributed by atoms with Crippen LogP contribution in [-0.4, -0.2) is 56.8 Å². The largest absolute Gasteiger partial charge is 0.339 e. The number of imidazole rings is 1. The predicted molar refractivity (Wildman–Crippen MR) is 123 cm³/mol. The smallest absolute Gasteiger partial charge is 0.243 e. The number of benzene rings is 1. The average molecular weight is 421 g/mol. The Hall–Kier alpha value is -2.89. The molecule has 2 amide bonds. The molecule has 1 saturated heterocycles. The summed E-state index contributed by atoms with van der Waals surface area (Å²) in [4.78, 5) is 34.7. The zero-order valence-electron chi connectivity index (χ0n) is 18.2. The number of hydrogen-bond donors (Lipinski definition) is 0. The Morgan fingerprint density at radius 1 is 1.13 bits per heavy atom. The second-order valence-corrected chi connectivity index (χ2v) is 8.66. The Morgan fingerprint density at radius 3 is 2.55 bits per heavy atom. The molecule has 6 nitrogen and oxygen atoms in total. The second-order valence-electron chi connectivity index (χ2n) is 8.66. The van der Waals surface area contributed by atoms with Gasteiger partial charge in [-0.15, -0.1) is 13.2 Å². The molecule has 1 unspecified atom stereocenters. The summed E-state index contributed by atoms with van der Waals surface area (Å²) in [6.45, 7) is 9.38. The topological polar surface area (TPSA) is 58.4 Å². The highest BCUT2D eigenvalue weighted by atomic mass is 16.2. The van der Waals surface area contributed by atoms with Gasteiger partial charge < -0.3 is 14.4 Å². The maximum absolute atomic E-state index is 13.1. The monoisotopic (exact) mass is 420 g/mol. The van der Waals surface area contributed by atoms with Gasteiger partial charge in [0, 0.05) is 38.0 Å². The third-order valence-corrected chi connectivity index (χ3v) is 6.57. The number of amides is 2. The third kappa shape index (κ3) is 4.43. The van der Waals surface area contributed by atoms with Gasteiger partial charge in [-0.25, -0.2) is 4.98 Å². The summed E-state index contributed by atoms with van der Waals surface area (Å²) < 4.78 is 2.01. The van der Waals surface area contributed by atoms with Crippen molar-refractivity contribution in [3.05, 3.63) is 55.4 Å². The highest BCUT2D eigenvalue weighted by Gasteiger charge is 2.38. The minimum atomic E-state index is -0.00216. The van der Waals surface area contributed by atoms with E-state index < -0.39 is 0 Å². The molecule has 0 N–H and O–H groups in total. The van der Waals surface area contributed by atoms with E-state index in [2.05, 4.69) is 18.1 Å². The van der Waals surface area contributed by atoms with Gasteiger partial charge in [-0.2, -0.15) is 0 Å². The fraction of sp³-hybridized carbons (Fsp3) is 0.480. The number of para-hydroxylation sites is 2. The predicted octanol–water partition coefficient (Wildman–Crippen LogP) is 3.89. The molecule has 2 aliphatic rings. The number of fused-ring (bicyclic) bond motifs is 1. The number of rotatable bonds is 8. The molecule has 164 valence electrons. The molecule has 1 aromatic heterocycles. The summed E-state index contributed by atoms with van der Waals surface area (Å²) in [7, 11) is 0. The lowest BCUT2D eigenvalue weighted by Crippen LogP contribution is -2.38. The molecule has 1 atom stereocenters. The van der Waals surface area contributed by atoms with Crippen molar-refractivity contribution in [3.8, 4) is 0 Å². The minimum Gasteiger partial charge on any atom is -0.339 e. The SMILES string of the molecule is C=CCN(CC=C)C(=O)Cn1c(C2CC(=O)N(C3CCCCC3)C2)nc2ccccc21. The molecule has 1 aliphatic heterocycles. The molecule has 0 bridgehead atoms. The van der Waals surface area contributed by atoms with Crippen LogP contribution in [0.5, 0.6) is 0 Å². The van der Waals surface area contributed by atoms with Gasteiger partial charge in [-0.3, -0.25) is 9.59 Å². The number of carbonyl (C=O) groups is 2. The van der Waals surface area contributed by atoms with Crippen LogP contribution in [0.1, 0.15) is 50.3 Å². The van der Waals surface area contributed by atoms with Crippen molar-refractivity contribution in [3.63, 3.8) is 0 Å². The van der Waals surface area contributed by atoms with E-state index >= 15 is 0 Å². The van der Waals surface area contributed by atoms with Gasteiger partial charge in [-0.1, -0.05) is 43.5 Å². The van der Waals surface area contributed by atoms with Crippen LogP contribution in [0.3, 0.4) is 0 Å². The Bertz CT molecular complexity index is 963. The molecule has 4 rings (SSSR count). The number of nitrogens with zero attached hydrogens (tertiary/aromatic N) is 4. The normalized spacial score (nSPS) is 19.7. The molecule has 6 heteroatoms. The summed E-state index contributed by atoms with van der Waals surface area (Å²) in [5.41, 5.74) is 1.81. The van der Waals surface area contributed by atoms with Crippen molar-refractivity contribution in [1.82, 2.24) is 19.4 Å². The Balaban J connectivity index is 1.62. The molecule has 0 spiro atoms. The zero-order chi connectivity index (χ0) is 21.8. The van der Waals surface area contributed by atoms with E-state index in [0.29, 0.717) is 32.1 Å². The Morgan fingerprint density at radius 2 is 1.84 bits per heavy atom. The van der Waals surface area contributed by atoms with Gasteiger partial charge in [-0.05, 0) is 25.0 Å². The summed E-state index contributed by atoms with van der Waals surface area (Å²) >= 11 is 0. The lowest BCUT2D eigenvalue weighted by molar-refractivity contribution is -0.131. The van der Waals surface area contributed by atoms with Crippen LogP contribution in [0.25, 0.3) is 11.0 Å². The van der Waals surface area contributed by atoms with Crippen LogP contribution in [0.4, 0.5) is 0 Å². The van der Waals surface area contributed by atoms with E-state index in [1.165, 1.54) is 19.3 Å².